The molecule has 0 fully saturated rings. The summed E-state index contributed by atoms with van der Waals surface area (Å²) >= 11 is 0. The Bertz CT molecular complexity index is 820. The van der Waals surface area contributed by atoms with E-state index in [0.29, 0.717) is 13.0 Å². The lowest BCUT2D eigenvalue weighted by molar-refractivity contribution is -0.120. The van der Waals surface area contributed by atoms with Crippen molar-refractivity contribution in [3.8, 4) is 0 Å². The monoisotopic (exact) mass is 293 g/mol. The summed E-state index contributed by atoms with van der Waals surface area (Å²) in [7, 11) is 0. The first kappa shape index (κ1) is 14.3. The van der Waals surface area contributed by atoms with Crippen LogP contribution in [0.1, 0.15) is 22.4 Å². The van der Waals surface area contributed by atoms with Crippen LogP contribution in [-0.2, 0) is 17.8 Å². The predicted molar refractivity (Wildman–Crippen MR) is 87.6 cm³/mol. The maximum absolute atomic E-state index is 12.2. The van der Waals surface area contributed by atoms with E-state index in [2.05, 4.69) is 35.4 Å². The molecule has 112 valence electrons. The number of carbonyl (C=O) groups excluding carboxylic acids is 1. The Morgan fingerprint density at radius 1 is 1.14 bits per heavy atom. The van der Waals surface area contributed by atoms with E-state index in [1.54, 1.807) is 0 Å². The molecule has 0 saturated heterocycles. The van der Waals surface area contributed by atoms with Crippen LogP contribution in [0.3, 0.4) is 0 Å². The number of aromatic amines is 1. The Morgan fingerprint density at radius 2 is 1.95 bits per heavy atom. The van der Waals surface area contributed by atoms with Gasteiger partial charge in [-0.3, -0.25) is 9.89 Å². The highest BCUT2D eigenvalue weighted by Gasteiger charge is 2.10. The van der Waals surface area contributed by atoms with Gasteiger partial charge in [0, 0.05) is 11.9 Å². The third kappa shape index (κ3) is 2.86. The van der Waals surface area contributed by atoms with Gasteiger partial charge in [0.25, 0.3) is 0 Å². The molecular weight excluding hydrogens is 274 g/mol. The molecule has 0 unspecified atom stereocenters. The Labute approximate surface area is 129 Å². The van der Waals surface area contributed by atoms with Gasteiger partial charge in [0.2, 0.25) is 5.91 Å². The van der Waals surface area contributed by atoms with Crippen LogP contribution >= 0.6 is 0 Å². The predicted octanol–water partition coefficient (Wildman–Crippen LogP) is 3.04. The summed E-state index contributed by atoms with van der Waals surface area (Å²) in [4.78, 5) is 12.2. The number of hydrogen-bond acceptors (Lipinski definition) is 2. The fourth-order valence-electron chi connectivity index (χ4n) is 2.57. The van der Waals surface area contributed by atoms with Crippen LogP contribution in [0.15, 0.2) is 42.5 Å². The highest BCUT2D eigenvalue weighted by molar-refractivity contribution is 5.87. The minimum atomic E-state index is -0.00434. The SMILES string of the molecule is Cc1cccc(CNC(=O)Cc2[nH]nc3ccccc23)c1C. The van der Waals surface area contributed by atoms with Gasteiger partial charge in [0.05, 0.1) is 17.6 Å². The summed E-state index contributed by atoms with van der Waals surface area (Å²) in [6, 6.07) is 14.0. The molecule has 1 amide bonds. The number of rotatable bonds is 4. The van der Waals surface area contributed by atoms with Gasteiger partial charge in [-0.05, 0) is 36.6 Å². The van der Waals surface area contributed by atoms with Crippen molar-refractivity contribution >= 4 is 16.8 Å². The number of carbonyl (C=O) groups is 1. The molecule has 0 saturated carbocycles. The highest BCUT2D eigenvalue weighted by atomic mass is 16.1. The number of aryl methyl sites for hydroxylation is 1. The zero-order valence-corrected chi connectivity index (χ0v) is 12.8. The van der Waals surface area contributed by atoms with E-state index in [1.807, 2.05) is 36.4 Å². The molecule has 0 aliphatic rings. The number of aromatic nitrogens is 2. The molecule has 3 aromatic rings. The number of nitrogens with zero attached hydrogens (tertiary/aromatic N) is 1. The van der Waals surface area contributed by atoms with E-state index in [1.165, 1.54) is 11.1 Å². The Kier molecular flexibility index (Phi) is 3.92. The largest absolute Gasteiger partial charge is 0.352 e. The van der Waals surface area contributed by atoms with E-state index < -0.39 is 0 Å². The smallest absolute Gasteiger partial charge is 0.226 e. The average Bonchev–Trinajstić information content (AvgIpc) is 2.92. The zero-order valence-electron chi connectivity index (χ0n) is 12.8. The molecule has 0 atom stereocenters. The van der Waals surface area contributed by atoms with Crippen molar-refractivity contribution in [2.24, 2.45) is 0 Å². The van der Waals surface area contributed by atoms with E-state index in [4.69, 9.17) is 0 Å². The molecule has 22 heavy (non-hydrogen) atoms. The molecule has 0 aliphatic carbocycles. The Morgan fingerprint density at radius 3 is 2.82 bits per heavy atom. The van der Waals surface area contributed by atoms with E-state index in [0.717, 1.165) is 22.2 Å². The summed E-state index contributed by atoms with van der Waals surface area (Å²) < 4.78 is 0. The second-order valence-electron chi connectivity index (χ2n) is 5.53. The molecule has 0 radical (unpaired) electrons. The van der Waals surface area contributed by atoms with Crippen molar-refractivity contribution in [2.45, 2.75) is 26.8 Å². The minimum Gasteiger partial charge on any atom is -0.352 e. The molecule has 3 rings (SSSR count). The van der Waals surface area contributed by atoms with Crippen LogP contribution in [0.2, 0.25) is 0 Å². The van der Waals surface area contributed by atoms with Crippen LogP contribution < -0.4 is 5.32 Å². The molecule has 2 aromatic carbocycles. The van der Waals surface area contributed by atoms with Crippen LogP contribution in [0.25, 0.3) is 10.9 Å². The van der Waals surface area contributed by atoms with Crippen LogP contribution in [-0.4, -0.2) is 16.1 Å². The normalized spacial score (nSPS) is 10.8. The number of hydrogen-bond donors (Lipinski definition) is 2. The fraction of sp³-hybridized carbons (Fsp3) is 0.222. The first-order valence-corrected chi connectivity index (χ1v) is 7.39. The second kappa shape index (κ2) is 6.02. The summed E-state index contributed by atoms with van der Waals surface area (Å²) in [6.07, 6.45) is 0.311. The van der Waals surface area contributed by atoms with Crippen molar-refractivity contribution in [1.29, 1.82) is 0 Å². The molecule has 1 aromatic heterocycles. The van der Waals surface area contributed by atoms with Gasteiger partial charge in [-0.15, -0.1) is 0 Å². The van der Waals surface area contributed by atoms with Gasteiger partial charge in [-0.1, -0.05) is 36.4 Å². The second-order valence-corrected chi connectivity index (χ2v) is 5.53. The minimum absolute atomic E-state index is 0.00434. The van der Waals surface area contributed by atoms with E-state index >= 15 is 0 Å². The maximum Gasteiger partial charge on any atom is 0.226 e. The lowest BCUT2D eigenvalue weighted by Gasteiger charge is -2.09. The first-order chi connectivity index (χ1) is 10.6. The molecule has 0 bridgehead atoms. The van der Waals surface area contributed by atoms with Crippen molar-refractivity contribution < 1.29 is 4.79 Å². The van der Waals surface area contributed by atoms with Crippen LogP contribution in [0.5, 0.6) is 0 Å². The molecular formula is C18H19N3O. The van der Waals surface area contributed by atoms with E-state index in [9.17, 15) is 4.79 Å². The molecule has 0 spiro atoms. The Balaban J connectivity index is 1.67. The number of fused-ring (bicyclic) bond motifs is 1. The number of amides is 1. The van der Waals surface area contributed by atoms with Gasteiger partial charge in [-0.25, -0.2) is 0 Å². The molecule has 1 heterocycles. The Hall–Kier alpha value is -2.62. The van der Waals surface area contributed by atoms with Crippen molar-refractivity contribution in [3.05, 3.63) is 64.8 Å². The van der Waals surface area contributed by atoms with Gasteiger partial charge < -0.3 is 5.32 Å². The lowest BCUT2D eigenvalue weighted by atomic mass is 10.0. The average molecular weight is 293 g/mol. The number of H-pyrrole nitrogens is 1. The van der Waals surface area contributed by atoms with E-state index in [-0.39, 0.29) is 5.91 Å². The van der Waals surface area contributed by atoms with Crippen molar-refractivity contribution in [3.63, 3.8) is 0 Å². The lowest BCUT2D eigenvalue weighted by Crippen LogP contribution is -2.25. The van der Waals surface area contributed by atoms with Crippen LogP contribution in [0.4, 0.5) is 0 Å². The highest BCUT2D eigenvalue weighted by Crippen LogP contribution is 2.16. The van der Waals surface area contributed by atoms with Gasteiger partial charge in [0.1, 0.15) is 0 Å². The third-order valence-electron chi connectivity index (χ3n) is 4.07. The molecule has 2 N–H and O–H groups in total. The maximum atomic E-state index is 12.2. The summed E-state index contributed by atoms with van der Waals surface area (Å²) in [6.45, 7) is 4.72. The number of benzene rings is 2. The summed E-state index contributed by atoms with van der Waals surface area (Å²) in [5, 5.41) is 11.2. The summed E-state index contributed by atoms with van der Waals surface area (Å²) in [5.41, 5.74) is 5.37. The molecule has 0 aliphatic heterocycles. The quantitative estimate of drug-likeness (QED) is 0.777. The van der Waals surface area contributed by atoms with Crippen molar-refractivity contribution in [2.75, 3.05) is 0 Å². The van der Waals surface area contributed by atoms with Gasteiger partial charge >= 0.3 is 0 Å². The number of nitrogens with one attached hydrogen (secondary N) is 2. The molecule has 4 heteroatoms. The first-order valence-electron chi connectivity index (χ1n) is 7.39. The van der Waals surface area contributed by atoms with Gasteiger partial charge in [0.15, 0.2) is 0 Å². The number of para-hydroxylation sites is 1. The topological polar surface area (TPSA) is 57.8 Å². The third-order valence-corrected chi connectivity index (χ3v) is 4.07. The standard InChI is InChI=1S/C18H19N3O/c1-12-6-5-7-14(13(12)2)11-19-18(22)10-17-15-8-3-4-9-16(15)20-21-17/h3-9H,10-11H2,1-2H3,(H,19,22)(H,20,21). The van der Waals surface area contributed by atoms with Crippen LogP contribution in [0, 0.1) is 13.8 Å². The summed E-state index contributed by atoms with van der Waals surface area (Å²) in [5.74, 6) is -0.00434. The fourth-order valence-corrected chi connectivity index (χ4v) is 2.57. The van der Waals surface area contributed by atoms with Crippen molar-refractivity contribution in [1.82, 2.24) is 15.5 Å². The van der Waals surface area contributed by atoms with Gasteiger partial charge in [-0.2, -0.15) is 5.10 Å². The zero-order chi connectivity index (χ0) is 15.5. The molecule has 4 nitrogen and oxygen atoms in total.